The van der Waals surface area contributed by atoms with Crippen LogP contribution >= 0.6 is 0 Å². The molecule has 70 valence electrons. The number of benzene rings is 1. The van der Waals surface area contributed by atoms with Crippen molar-refractivity contribution in [3.05, 3.63) is 35.4 Å². The van der Waals surface area contributed by atoms with Crippen molar-refractivity contribution in [2.45, 2.75) is 13.5 Å². The molecule has 1 aromatic carbocycles. The molecule has 0 spiro atoms. The first-order valence-corrected chi connectivity index (χ1v) is 4.22. The molecule has 0 unspecified atom stereocenters. The SMILES string of the molecule is Cc1ccc(CO/N=C/CN)cc1. The van der Waals surface area contributed by atoms with Gasteiger partial charge in [-0.2, -0.15) is 0 Å². The first kappa shape index (κ1) is 9.74. The summed E-state index contributed by atoms with van der Waals surface area (Å²) in [6.07, 6.45) is 1.54. The summed E-state index contributed by atoms with van der Waals surface area (Å²) < 4.78 is 0. The number of rotatable bonds is 4. The number of aryl methyl sites for hydroxylation is 1. The summed E-state index contributed by atoms with van der Waals surface area (Å²) in [6.45, 7) is 2.96. The molecular weight excluding hydrogens is 164 g/mol. The zero-order valence-electron chi connectivity index (χ0n) is 7.73. The van der Waals surface area contributed by atoms with Gasteiger partial charge in [0.25, 0.3) is 0 Å². The maximum Gasteiger partial charge on any atom is 0.142 e. The van der Waals surface area contributed by atoms with E-state index >= 15 is 0 Å². The topological polar surface area (TPSA) is 47.6 Å². The van der Waals surface area contributed by atoms with E-state index in [1.807, 2.05) is 24.3 Å². The van der Waals surface area contributed by atoms with Gasteiger partial charge in [0.2, 0.25) is 0 Å². The standard InChI is InChI=1S/C10H14N2O/c1-9-2-4-10(5-3-9)8-13-12-7-6-11/h2-5,7H,6,8,11H2,1H3/b12-7+. The Hall–Kier alpha value is -1.35. The van der Waals surface area contributed by atoms with Crippen molar-refractivity contribution in [1.29, 1.82) is 0 Å². The van der Waals surface area contributed by atoms with Gasteiger partial charge in [0.1, 0.15) is 6.61 Å². The van der Waals surface area contributed by atoms with Crippen LogP contribution in [0, 0.1) is 6.92 Å². The summed E-state index contributed by atoms with van der Waals surface area (Å²) in [6, 6.07) is 8.14. The minimum atomic E-state index is 0.411. The third-order valence-electron chi connectivity index (χ3n) is 1.61. The van der Waals surface area contributed by atoms with Crippen LogP contribution in [0.25, 0.3) is 0 Å². The summed E-state index contributed by atoms with van der Waals surface area (Å²) in [5.41, 5.74) is 7.55. The van der Waals surface area contributed by atoms with Crippen molar-refractivity contribution >= 4 is 6.21 Å². The van der Waals surface area contributed by atoms with E-state index in [9.17, 15) is 0 Å². The van der Waals surface area contributed by atoms with Gasteiger partial charge in [0, 0.05) is 6.54 Å². The highest BCUT2D eigenvalue weighted by atomic mass is 16.6. The van der Waals surface area contributed by atoms with E-state index < -0.39 is 0 Å². The van der Waals surface area contributed by atoms with Crippen LogP contribution in [0.4, 0.5) is 0 Å². The van der Waals surface area contributed by atoms with Crippen molar-refractivity contribution in [1.82, 2.24) is 0 Å². The molecule has 0 saturated heterocycles. The van der Waals surface area contributed by atoms with Gasteiger partial charge in [-0.15, -0.1) is 0 Å². The van der Waals surface area contributed by atoms with Crippen LogP contribution in [0.2, 0.25) is 0 Å². The quantitative estimate of drug-likeness (QED) is 0.560. The van der Waals surface area contributed by atoms with Gasteiger partial charge in [-0.1, -0.05) is 35.0 Å². The summed E-state index contributed by atoms with van der Waals surface area (Å²) in [5.74, 6) is 0. The molecule has 0 saturated carbocycles. The van der Waals surface area contributed by atoms with Crippen molar-refractivity contribution in [3.8, 4) is 0 Å². The Bertz CT molecular complexity index is 267. The number of oxime groups is 1. The van der Waals surface area contributed by atoms with Gasteiger partial charge in [-0.3, -0.25) is 0 Å². The minimum Gasteiger partial charge on any atom is -0.391 e. The summed E-state index contributed by atoms with van der Waals surface area (Å²) in [4.78, 5) is 4.99. The van der Waals surface area contributed by atoms with Crippen LogP contribution in [0.1, 0.15) is 11.1 Å². The van der Waals surface area contributed by atoms with Crippen LogP contribution in [0.5, 0.6) is 0 Å². The Balaban J connectivity index is 2.37. The smallest absolute Gasteiger partial charge is 0.142 e. The summed E-state index contributed by atoms with van der Waals surface area (Å²) in [5, 5.41) is 3.66. The second kappa shape index (κ2) is 5.32. The van der Waals surface area contributed by atoms with Crippen LogP contribution in [0.3, 0.4) is 0 Å². The van der Waals surface area contributed by atoms with Crippen LogP contribution in [-0.4, -0.2) is 12.8 Å². The fraction of sp³-hybridized carbons (Fsp3) is 0.300. The molecule has 0 radical (unpaired) electrons. The lowest BCUT2D eigenvalue weighted by Crippen LogP contribution is -1.99. The molecule has 0 bridgehead atoms. The molecule has 2 N–H and O–H groups in total. The van der Waals surface area contributed by atoms with Crippen LogP contribution in [0.15, 0.2) is 29.4 Å². The first-order valence-electron chi connectivity index (χ1n) is 4.22. The third-order valence-corrected chi connectivity index (χ3v) is 1.61. The van der Waals surface area contributed by atoms with Crippen molar-refractivity contribution in [3.63, 3.8) is 0 Å². The highest BCUT2D eigenvalue weighted by Crippen LogP contribution is 2.04. The zero-order chi connectivity index (χ0) is 9.52. The van der Waals surface area contributed by atoms with E-state index in [-0.39, 0.29) is 0 Å². The predicted octanol–water partition coefficient (Wildman–Crippen LogP) is 1.46. The molecule has 0 aliphatic heterocycles. The summed E-state index contributed by atoms with van der Waals surface area (Å²) in [7, 11) is 0. The first-order chi connectivity index (χ1) is 6.33. The Morgan fingerprint density at radius 3 is 2.69 bits per heavy atom. The Morgan fingerprint density at radius 1 is 1.38 bits per heavy atom. The van der Waals surface area contributed by atoms with Crippen molar-refractivity contribution < 1.29 is 4.84 Å². The van der Waals surface area contributed by atoms with Gasteiger partial charge >= 0.3 is 0 Å². The van der Waals surface area contributed by atoms with E-state index in [1.165, 1.54) is 11.8 Å². The average molecular weight is 178 g/mol. The van der Waals surface area contributed by atoms with Crippen LogP contribution < -0.4 is 5.73 Å². The molecule has 1 aromatic rings. The lowest BCUT2D eigenvalue weighted by atomic mass is 10.2. The Labute approximate surface area is 78.2 Å². The van der Waals surface area contributed by atoms with E-state index in [0.717, 1.165) is 5.56 Å². The Kier molecular flexibility index (Phi) is 3.99. The molecule has 3 nitrogen and oxygen atoms in total. The largest absolute Gasteiger partial charge is 0.391 e. The molecule has 13 heavy (non-hydrogen) atoms. The number of nitrogens with zero attached hydrogens (tertiary/aromatic N) is 1. The van der Waals surface area contributed by atoms with Gasteiger partial charge in [0.05, 0.1) is 6.21 Å². The maximum absolute atomic E-state index is 5.20. The molecule has 0 aliphatic rings. The highest BCUT2D eigenvalue weighted by molar-refractivity contribution is 5.58. The molecule has 0 aliphatic carbocycles. The molecule has 0 amide bonds. The second-order valence-electron chi connectivity index (χ2n) is 2.78. The lowest BCUT2D eigenvalue weighted by Gasteiger charge is -1.99. The van der Waals surface area contributed by atoms with E-state index in [2.05, 4.69) is 12.1 Å². The van der Waals surface area contributed by atoms with Crippen LogP contribution in [-0.2, 0) is 11.4 Å². The third kappa shape index (κ3) is 3.71. The highest BCUT2D eigenvalue weighted by Gasteiger charge is 1.90. The molecule has 0 heterocycles. The molecule has 0 atom stereocenters. The predicted molar refractivity (Wildman–Crippen MR) is 53.5 cm³/mol. The van der Waals surface area contributed by atoms with E-state index in [0.29, 0.717) is 13.2 Å². The van der Waals surface area contributed by atoms with E-state index in [1.54, 1.807) is 0 Å². The number of nitrogens with two attached hydrogens (primary N) is 1. The molecule has 1 rings (SSSR count). The van der Waals surface area contributed by atoms with E-state index in [4.69, 9.17) is 10.6 Å². The molecular formula is C10H14N2O. The minimum absolute atomic E-state index is 0.411. The van der Waals surface area contributed by atoms with Gasteiger partial charge in [0.15, 0.2) is 0 Å². The fourth-order valence-electron chi connectivity index (χ4n) is 0.892. The molecule has 0 aromatic heterocycles. The lowest BCUT2D eigenvalue weighted by molar-refractivity contribution is 0.131. The van der Waals surface area contributed by atoms with Gasteiger partial charge < -0.3 is 10.6 Å². The van der Waals surface area contributed by atoms with Gasteiger partial charge in [-0.25, -0.2) is 0 Å². The Morgan fingerprint density at radius 2 is 2.08 bits per heavy atom. The van der Waals surface area contributed by atoms with Crippen molar-refractivity contribution in [2.75, 3.05) is 6.54 Å². The maximum atomic E-state index is 5.20. The number of hydrogen-bond acceptors (Lipinski definition) is 3. The fourth-order valence-corrected chi connectivity index (χ4v) is 0.892. The second-order valence-corrected chi connectivity index (χ2v) is 2.78. The monoisotopic (exact) mass is 178 g/mol. The van der Waals surface area contributed by atoms with Crippen molar-refractivity contribution in [2.24, 2.45) is 10.9 Å². The normalized spacial score (nSPS) is 10.6. The molecule has 3 heteroatoms. The summed E-state index contributed by atoms with van der Waals surface area (Å²) >= 11 is 0. The van der Waals surface area contributed by atoms with Gasteiger partial charge in [-0.05, 0) is 12.5 Å². The zero-order valence-corrected chi connectivity index (χ0v) is 7.73. The average Bonchev–Trinajstić information content (AvgIpc) is 2.15. The number of hydrogen-bond donors (Lipinski definition) is 1. The molecule has 0 fully saturated rings.